The molecule has 0 N–H and O–H groups in total. The molecule has 1 aromatic rings. The van der Waals surface area contributed by atoms with Crippen molar-refractivity contribution in [1.29, 1.82) is 0 Å². The van der Waals surface area contributed by atoms with Gasteiger partial charge in [-0.2, -0.15) is 0 Å². The standard InChI is InChI=1S/C10H16NSe2.BF4/c1-8-9(2)13-10(12-8)11-6-4-3-5-7-11;2-1(3,4)5/h3-7H2,1-2H3;/q+1;-1. The average molecular weight is 395 g/mol. The minimum absolute atomic E-state index is 0.724. The van der Waals surface area contributed by atoms with Crippen molar-refractivity contribution in [3.63, 3.8) is 0 Å². The maximum absolute atomic E-state index is 9.75. The van der Waals surface area contributed by atoms with Gasteiger partial charge in [-0.3, -0.25) is 0 Å². The first-order chi connectivity index (χ1) is 8.27. The van der Waals surface area contributed by atoms with Crippen LogP contribution >= 0.6 is 0 Å². The maximum Gasteiger partial charge on any atom is 0.673 e. The maximum atomic E-state index is 9.75. The van der Waals surface area contributed by atoms with E-state index in [9.17, 15) is 17.3 Å². The zero-order valence-electron chi connectivity index (χ0n) is 10.4. The Kier molecular flexibility index (Phi) is 6.45. The van der Waals surface area contributed by atoms with Crippen molar-refractivity contribution >= 4 is 36.3 Å². The second-order valence-corrected chi connectivity index (χ2v) is 10.5. The van der Waals surface area contributed by atoms with Gasteiger partial charge in [0.2, 0.25) is 0 Å². The van der Waals surface area contributed by atoms with E-state index in [4.69, 9.17) is 0 Å². The molecule has 0 radical (unpaired) electrons. The Bertz CT molecular complexity index is 413. The van der Waals surface area contributed by atoms with Gasteiger partial charge in [0.25, 0.3) is 0 Å². The largest absolute Gasteiger partial charge is 0.673 e. The molecule has 18 heavy (non-hydrogen) atoms. The zero-order valence-corrected chi connectivity index (χ0v) is 13.8. The Morgan fingerprint density at radius 1 is 0.889 bits per heavy atom. The van der Waals surface area contributed by atoms with Crippen LogP contribution in [0.2, 0.25) is 0 Å². The van der Waals surface area contributed by atoms with Gasteiger partial charge in [-0.05, 0) is 0 Å². The monoisotopic (exact) mass is 397 g/mol. The first kappa shape index (κ1) is 16.3. The molecule has 0 aromatic carbocycles. The van der Waals surface area contributed by atoms with Crippen LogP contribution in [0.4, 0.5) is 17.3 Å². The first-order valence-corrected chi connectivity index (χ1v) is 9.22. The first-order valence-electron chi connectivity index (χ1n) is 5.80. The van der Waals surface area contributed by atoms with Gasteiger partial charge in [0, 0.05) is 0 Å². The summed E-state index contributed by atoms with van der Waals surface area (Å²) in [7, 11) is -6.00. The molecule has 1 saturated heterocycles. The predicted octanol–water partition coefficient (Wildman–Crippen LogP) is 1.67. The van der Waals surface area contributed by atoms with Crippen LogP contribution in [0.5, 0.6) is 0 Å². The molecule has 1 aromatic heterocycles. The van der Waals surface area contributed by atoms with Crippen LogP contribution in [0.1, 0.15) is 28.1 Å². The average Bonchev–Trinajstić information content (AvgIpc) is 2.58. The Labute approximate surface area is 116 Å². The summed E-state index contributed by atoms with van der Waals surface area (Å²) in [6.45, 7) is 7.35. The van der Waals surface area contributed by atoms with Crippen molar-refractivity contribution in [3.8, 4) is 0 Å². The van der Waals surface area contributed by atoms with Gasteiger partial charge in [0.05, 0.1) is 0 Å². The van der Waals surface area contributed by atoms with E-state index in [1.165, 1.54) is 32.4 Å². The molecule has 1 aliphatic heterocycles. The summed E-state index contributed by atoms with van der Waals surface area (Å²) < 4.78 is 46.9. The van der Waals surface area contributed by atoms with Crippen LogP contribution in [-0.2, 0) is 0 Å². The Balaban J connectivity index is 0.000000280. The van der Waals surface area contributed by atoms with Crippen LogP contribution in [0.25, 0.3) is 0 Å². The molecule has 0 spiro atoms. The third-order valence-electron chi connectivity index (χ3n) is 2.59. The SMILES string of the molecule is Cc1[se]c(=[N+]2CCCCC2)[se]c1C.F[B-](F)(F)F. The molecule has 0 saturated carbocycles. The number of aryl methyl sites for hydroxylation is 2. The smallest absolute Gasteiger partial charge is 0.418 e. The zero-order chi connectivity index (χ0) is 13.8. The van der Waals surface area contributed by atoms with E-state index in [1.54, 1.807) is 8.87 Å². The van der Waals surface area contributed by atoms with Gasteiger partial charge >= 0.3 is 99.0 Å². The number of nitrogens with zero attached hydrogens (tertiary/aromatic N) is 1. The fraction of sp³-hybridized carbons (Fsp3) is 0.700. The third-order valence-corrected chi connectivity index (χ3v) is 9.45. The minimum atomic E-state index is -6.00. The van der Waals surface area contributed by atoms with E-state index in [-0.39, 0.29) is 0 Å². The second-order valence-electron chi connectivity index (χ2n) is 4.12. The van der Waals surface area contributed by atoms with Crippen molar-refractivity contribution in [1.82, 2.24) is 4.58 Å². The van der Waals surface area contributed by atoms with Gasteiger partial charge in [0.1, 0.15) is 0 Å². The molecule has 0 aliphatic carbocycles. The van der Waals surface area contributed by atoms with Crippen LogP contribution < -0.4 is 7.68 Å². The van der Waals surface area contributed by atoms with E-state index >= 15 is 0 Å². The third kappa shape index (κ3) is 6.42. The number of hydrogen-bond donors (Lipinski definition) is 0. The summed E-state index contributed by atoms with van der Waals surface area (Å²) in [6.07, 6.45) is 4.30. The normalized spacial score (nSPS) is 16.2. The van der Waals surface area contributed by atoms with E-state index in [0.29, 0.717) is 0 Å². The number of hydrogen-bond acceptors (Lipinski definition) is 0. The predicted molar refractivity (Wildman–Crippen MR) is 68.8 cm³/mol. The Hall–Kier alpha value is 0.234. The summed E-state index contributed by atoms with van der Waals surface area (Å²) in [4.78, 5) is 0. The van der Waals surface area contributed by atoms with Crippen molar-refractivity contribution in [3.05, 3.63) is 12.0 Å². The molecule has 104 valence electrons. The topological polar surface area (TPSA) is 3.01 Å². The summed E-state index contributed by atoms with van der Waals surface area (Å²) in [5.41, 5.74) is 0. The van der Waals surface area contributed by atoms with Crippen molar-refractivity contribution in [2.45, 2.75) is 33.1 Å². The fourth-order valence-corrected chi connectivity index (χ4v) is 8.82. The fourth-order valence-electron chi connectivity index (χ4n) is 1.63. The summed E-state index contributed by atoms with van der Waals surface area (Å²) in [5.74, 6) is 0. The number of piperidine rings is 1. The molecule has 1 fully saturated rings. The molecular formula is C10H16BF4NSe2. The number of rotatable bonds is 0. The molecule has 0 unspecified atom stereocenters. The van der Waals surface area contributed by atoms with Crippen LogP contribution in [0.3, 0.4) is 0 Å². The molecule has 1 aliphatic rings. The molecule has 1 nitrogen and oxygen atoms in total. The molecule has 0 bridgehead atoms. The second kappa shape index (κ2) is 7.13. The van der Waals surface area contributed by atoms with E-state index in [1.807, 2.05) is 3.11 Å². The molecule has 0 amide bonds. The summed E-state index contributed by atoms with van der Waals surface area (Å²) >= 11 is 1.45. The Morgan fingerprint density at radius 3 is 1.67 bits per heavy atom. The van der Waals surface area contributed by atoms with E-state index < -0.39 is 7.25 Å². The van der Waals surface area contributed by atoms with Crippen LogP contribution in [0.15, 0.2) is 0 Å². The molecule has 8 heteroatoms. The van der Waals surface area contributed by atoms with Gasteiger partial charge in [-0.1, -0.05) is 0 Å². The van der Waals surface area contributed by atoms with Crippen molar-refractivity contribution in [2.24, 2.45) is 0 Å². The van der Waals surface area contributed by atoms with Crippen molar-refractivity contribution < 1.29 is 17.3 Å². The molecule has 2 rings (SSSR count). The molecular weight excluding hydrogens is 379 g/mol. The van der Waals surface area contributed by atoms with Crippen LogP contribution in [-0.4, -0.2) is 49.4 Å². The molecule has 0 atom stereocenters. The quantitative estimate of drug-likeness (QED) is 0.358. The minimum Gasteiger partial charge on any atom is -0.418 e. The summed E-state index contributed by atoms with van der Waals surface area (Å²) in [5, 5.41) is 0. The van der Waals surface area contributed by atoms with Gasteiger partial charge in [-0.25, -0.2) is 0 Å². The van der Waals surface area contributed by atoms with Gasteiger partial charge < -0.3 is 17.3 Å². The van der Waals surface area contributed by atoms with Gasteiger partial charge in [-0.15, -0.1) is 0 Å². The molecule has 2 heterocycles. The van der Waals surface area contributed by atoms with E-state index in [0.717, 1.165) is 29.0 Å². The van der Waals surface area contributed by atoms with Crippen LogP contribution in [0, 0.1) is 13.8 Å². The summed E-state index contributed by atoms with van der Waals surface area (Å²) in [6, 6.07) is 0. The number of halogens is 4. The van der Waals surface area contributed by atoms with E-state index in [2.05, 4.69) is 18.4 Å². The van der Waals surface area contributed by atoms with Gasteiger partial charge in [0.15, 0.2) is 0 Å². The Morgan fingerprint density at radius 2 is 1.28 bits per heavy atom. The van der Waals surface area contributed by atoms with Crippen molar-refractivity contribution in [2.75, 3.05) is 13.1 Å².